The molecule has 0 spiro atoms. The lowest BCUT2D eigenvalue weighted by Gasteiger charge is -2.15. The van der Waals surface area contributed by atoms with Crippen LogP contribution in [0.15, 0.2) is 24.4 Å². The summed E-state index contributed by atoms with van der Waals surface area (Å²) >= 11 is 1.56. The molecule has 1 atom stereocenters. The summed E-state index contributed by atoms with van der Waals surface area (Å²) < 4.78 is 19.6. The van der Waals surface area contributed by atoms with Crippen molar-refractivity contribution in [2.45, 2.75) is 39.8 Å². The van der Waals surface area contributed by atoms with E-state index in [1.54, 1.807) is 29.7 Å². The van der Waals surface area contributed by atoms with Gasteiger partial charge in [0.1, 0.15) is 6.61 Å². The van der Waals surface area contributed by atoms with E-state index in [1.165, 1.54) is 0 Å². The average molecular weight is 308 g/mol. The summed E-state index contributed by atoms with van der Waals surface area (Å²) in [7, 11) is 0. The third-order valence-electron chi connectivity index (χ3n) is 3.20. The van der Waals surface area contributed by atoms with Crippen LogP contribution in [-0.2, 0) is 6.61 Å². The van der Waals surface area contributed by atoms with Crippen LogP contribution in [0.5, 0.6) is 5.75 Å². The van der Waals surface area contributed by atoms with Gasteiger partial charge in [-0.25, -0.2) is 9.37 Å². The Bertz CT molecular complexity index is 585. The van der Waals surface area contributed by atoms with E-state index in [1.807, 2.05) is 19.9 Å². The zero-order valence-electron chi connectivity index (χ0n) is 12.6. The van der Waals surface area contributed by atoms with Crippen LogP contribution in [0.3, 0.4) is 0 Å². The SMILES string of the molecule is CCCNC(C)c1ccc(OCc2cnc(C)s2)c(F)c1. The molecule has 0 amide bonds. The maximum absolute atomic E-state index is 14.1. The molecule has 0 saturated carbocycles. The number of aryl methyl sites for hydroxylation is 1. The number of rotatable bonds is 7. The maximum atomic E-state index is 14.1. The minimum atomic E-state index is -0.320. The molecule has 0 fully saturated rings. The highest BCUT2D eigenvalue weighted by Gasteiger charge is 2.10. The molecule has 2 rings (SSSR count). The topological polar surface area (TPSA) is 34.1 Å². The fourth-order valence-corrected chi connectivity index (χ4v) is 2.71. The summed E-state index contributed by atoms with van der Waals surface area (Å²) in [5.41, 5.74) is 0.932. The molecule has 2 aromatic rings. The van der Waals surface area contributed by atoms with Crippen molar-refractivity contribution in [1.29, 1.82) is 0 Å². The van der Waals surface area contributed by atoms with Crippen LogP contribution in [-0.4, -0.2) is 11.5 Å². The van der Waals surface area contributed by atoms with Crippen LogP contribution < -0.4 is 10.1 Å². The number of halogens is 1. The van der Waals surface area contributed by atoms with E-state index in [2.05, 4.69) is 17.2 Å². The highest BCUT2D eigenvalue weighted by Crippen LogP contribution is 2.23. The first kappa shape index (κ1) is 15.9. The van der Waals surface area contributed by atoms with Gasteiger partial charge in [0, 0.05) is 12.2 Å². The Hall–Kier alpha value is -1.46. The lowest BCUT2D eigenvalue weighted by molar-refractivity contribution is 0.293. The number of hydrogen-bond acceptors (Lipinski definition) is 4. The molecule has 0 aliphatic heterocycles. The van der Waals surface area contributed by atoms with Gasteiger partial charge in [0.15, 0.2) is 11.6 Å². The molecule has 0 saturated heterocycles. The first-order chi connectivity index (χ1) is 10.1. The van der Waals surface area contributed by atoms with Gasteiger partial charge in [-0.2, -0.15) is 0 Å². The summed E-state index contributed by atoms with van der Waals surface area (Å²) in [5, 5.41) is 4.33. The van der Waals surface area contributed by atoms with Crippen LogP contribution in [0.1, 0.15) is 41.8 Å². The molecule has 1 heterocycles. The quantitative estimate of drug-likeness (QED) is 0.831. The lowest BCUT2D eigenvalue weighted by Crippen LogP contribution is -2.19. The summed E-state index contributed by atoms with van der Waals surface area (Å²) in [6.07, 6.45) is 2.82. The van der Waals surface area contributed by atoms with Gasteiger partial charge < -0.3 is 10.1 Å². The van der Waals surface area contributed by atoms with Crippen molar-refractivity contribution >= 4 is 11.3 Å². The molecule has 0 bridgehead atoms. The molecule has 5 heteroatoms. The second-order valence-electron chi connectivity index (χ2n) is 5.00. The fourth-order valence-electron chi connectivity index (χ4n) is 2.00. The van der Waals surface area contributed by atoms with Crippen molar-refractivity contribution < 1.29 is 9.13 Å². The van der Waals surface area contributed by atoms with Crippen LogP contribution in [0.25, 0.3) is 0 Å². The molecule has 21 heavy (non-hydrogen) atoms. The Labute approximate surface area is 129 Å². The molecule has 0 aliphatic rings. The molecular weight excluding hydrogens is 287 g/mol. The van der Waals surface area contributed by atoms with E-state index in [9.17, 15) is 4.39 Å². The van der Waals surface area contributed by atoms with Gasteiger partial charge >= 0.3 is 0 Å². The van der Waals surface area contributed by atoms with Crippen molar-refractivity contribution in [3.05, 3.63) is 45.7 Å². The molecule has 0 radical (unpaired) electrons. The van der Waals surface area contributed by atoms with E-state index in [-0.39, 0.29) is 17.6 Å². The molecule has 1 unspecified atom stereocenters. The number of nitrogens with zero attached hydrogens (tertiary/aromatic N) is 1. The largest absolute Gasteiger partial charge is 0.485 e. The first-order valence-corrected chi connectivity index (χ1v) is 7.98. The van der Waals surface area contributed by atoms with Gasteiger partial charge in [0.05, 0.1) is 9.88 Å². The second-order valence-corrected chi connectivity index (χ2v) is 6.32. The summed E-state index contributed by atoms with van der Waals surface area (Å²) in [4.78, 5) is 5.15. The molecule has 0 aliphatic carbocycles. The van der Waals surface area contributed by atoms with Crippen molar-refractivity contribution in [2.75, 3.05) is 6.54 Å². The van der Waals surface area contributed by atoms with Gasteiger partial charge in [-0.1, -0.05) is 13.0 Å². The number of ether oxygens (including phenoxy) is 1. The molecule has 114 valence electrons. The summed E-state index contributed by atoms with van der Waals surface area (Å²) in [6.45, 7) is 7.36. The molecule has 1 aromatic heterocycles. The number of thiazole rings is 1. The second kappa shape index (κ2) is 7.52. The van der Waals surface area contributed by atoms with Gasteiger partial charge in [-0.15, -0.1) is 11.3 Å². The highest BCUT2D eigenvalue weighted by atomic mass is 32.1. The minimum Gasteiger partial charge on any atom is -0.485 e. The van der Waals surface area contributed by atoms with Gasteiger partial charge in [0.25, 0.3) is 0 Å². The molecule has 1 aromatic carbocycles. The Morgan fingerprint density at radius 3 is 2.86 bits per heavy atom. The summed E-state index contributed by atoms with van der Waals surface area (Å²) in [5.74, 6) is -0.0358. The van der Waals surface area contributed by atoms with E-state index >= 15 is 0 Å². The third kappa shape index (κ3) is 4.51. The first-order valence-electron chi connectivity index (χ1n) is 7.17. The lowest BCUT2D eigenvalue weighted by atomic mass is 10.1. The van der Waals surface area contributed by atoms with Crippen molar-refractivity contribution in [1.82, 2.24) is 10.3 Å². The van der Waals surface area contributed by atoms with E-state index in [0.717, 1.165) is 28.4 Å². The normalized spacial score (nSPS) is 12.4. The monoisotopic (exact) mass is 308 g/mol. The minimum absolute atomic E-state index is 0.137. The van der Waals surface area contributed by atoms with E-state index < -0.39 is 0 Å². The van der Waals surface area contributed by atoms with E-state index in [0.29, 0.717) is 6.61 Å². The Morgan fingerprint density at radius 2 is 2.24 bits per heavy atom. The number of benzene rings is 1. The molecule has 1 N–H and O–H groups in total. The Kier molecular flexibility index (Phi) is 5.70. The predicted octanol–water partition coefficient (Wildman–Crippen LogP) is 4.23. The Morgan fingerprint density at radius 1 is 1.43 bits per heavy atom. The average Bonchev–Trinajstić information content (AvgIpc) is 2.89. The maximum Gasteiger partial charge on any atom is 0.165 e. The highest BCUT2D eigenvalue weighted by molar-refractivity contribution is 7.11. The van der Waals surface area contributed by atoms with Crippen molar-refractivity contribution in [3.63, 3.8) is 0 Å². The van der Waals surface area contributed by atoms with Gasteiger partial charge in [0.2, 0.25) is 0 Å². The number of hydrogen-bond donors (Lipinski definition) is 1. The number of aromatic nitrogens is 1. The van der Waals surface area contributed by atoms with E-state index in [4.69, 9.17) is 4.74 Å². The predicted molar refractivity (Wildman–Crippen MR) is 84.3 cm³/mol. The van der Waals surface area contributed by atoms with Crippen LogP contribution >= 0.6 is 11.3 Å². The molecular formula is C16H21FN2OS. The van der Waals surface area contributed by atoms with Gasteiger partial charge in [-0.3, -0.25) is 0 Å². The fraction of sp³-hybridized carbons (Fsp3) is 0.438. The van der Waals surface area contributed by atoms with Crippen molar-refractivity contribution in [3.8, 4) is 5.75 Å². The number of nitrogens with one attached hydrogen (secondary N) is 1. The molecule has 3 nitrogen and oxygen atoms in total. The Balaban J connectivity index is 1.98. The zero-order chi connectivity index (χ0) is 15.2. The standard InChI is InChI=1S/C16H21FN2OS/c1-4-7-18-11(2)13-5-6-16(15(17)8-13)20-10-14-9-19-12(3)21-14/h5-6,8-9,11,18H,4,7,10H2,1-3H3. The van der Waals surface area contributed by atoms with Crippen molar-refractivity contribution in [2.24, 2.45) is 0 Å². The summed E-state index contributed by atoms with van der Waals surface area (Å²) in [6, 6.07) is 5.28. The van der Waals surface area contributed by atoms with Crippen LogP contribution in [0.4, 0.5) is 4.39 Å². The van der Waals surface area contributed by atoms with Gasteiger partial charge in [-0.05, 0) is 44.5 Å². The zero-order valence-corrected chi connectivity index (χ0v) is 13.5. The van der Waals surface area contributed by atoms with Crippen LogP contribution in [0, 0.1) is 12.7 Å². The smallest absolute Gasteiger partial charge is 0.165 e. The van der Waals surface area contributed by atoms with Crippen LogP contribution in [0.2, 0.25) is 0 Å². The third-order valence-corrected chi connectivity index (χ3v) is 4.08.